The van der Waals surface area contributed by atoms with Crippen LogP contribution in [0, 0.1) is 0 Å². The third-order valence-corrected chi connectivity index (χ3v) is 6.33. The summed E-state index contributed by atoms with van der Waals surface area (Å²) in [6.07, 6.45) is 17.9. The summed E-state index contributed by atoms with van der Waals surface area (Å²) in [5.74, 6) is 0. The van der Waals surface area contributed by atoms with Crippen molar-refractivity contribution in [3.8, 4) is 0 Å². The molecule has 6 nitrogen and oxygen atoms in total. The van der Waals surface area contributed by atoms with E-state index in [0.29, 0.717) is 66.1 Å². The molecule has 2 unspecified atom stereocenters. The molecular weight excluding hydrogens is 432 g/mol. The van der Waals surface area contributed by atoms with E-state index in [0.717, 1.165) is 12.8 Å². The average molecular weight is 489 g/mol. The Morgan fingerprint density at radius 3 is 1.03 bits per heavy atom. The molecule has 1 heterocycles. The van der Waals surface area contributed by atoms with Crippen LogP contribution in [0.15, 0.2) is 0 Å². The number of hydrogen-bond donors (Lipinski definition) is 0. The molecule has 1 saturated heterocycles. The Morgan fingerprint density at radius 1 is 0.382 bits per heavy atom. The van der Waals surface area contributed by atoms with E-state index in [1.165, 1.54) is 77.0 Å². The maximum atomic E-state index is 6.37. The van der Waals surface area contributed by atoms with Crippen LogP contribution < -0.4 is 0 Å². The standard InChI is InChI=1S/C28H56O6/c1-3-5-7-9-11-13-15-27-28(16-14-12-10-8-6-4-2)34-26-24-32-22-20-30-18-17-29-19-21-31-23-25-33-27/h27-28H,3-26H2,1-2H3. The molecule has 0 radical (unpaired) electrons. The molecule has 0 aromatic carbocycles. The molecule has 1 rings (SSSR count). The van der Waals surface area contributed by atoms with Crippen LogP contribution in [-0.2, 0) is 28.4 Å². The van der Waals surface area contributed by atoms with Gasteiger partial charge in [-0.05, 0) is 12.8 Å². The van der Waals surface area contributed by atoms with Crippen LogP contribution in [0.5, 0.6) is 0 Å². The van der Waals surface area contributed by atoms with Gasteiger partial charge in [-0.2, -0.15) is 0 Å². The zero-order chi connectivity index (χ0) is 24.4. The highest BCUT2D eigenvalue weighted by Crippen LogP contribution is 2.20. The average Bonchev–Trinajstić information content (AvgIpc) is 2.85. The van der Waals surface area contributed by atoms with Gasteiger partial charge in [0, 0.05) is 0 Å². The highest BCUT2D eigenvalue weighted by molar-refractivity contribution is 4.72. The second-order valence-corrected chi connectivity index (χ2v) is 9.38. The van der Waals surface area contributed by atoms with Crippen LogP contribution in [0.4, 0.5) is 0 Å². The molecule has 6 heteroatoms. The first-order valence-electron chi connectivity index (χ1n) is 14.4. The van der Waals surface area contributed by atoms with Crippen LogP contribution in [0.1, 0.15) is 104 Å². The van der Waals surface area contributed by atoms with Crippen molar-refractivity contribution >= 4 is 0 Å². The number of rotatable bonds is 14. The van der Waals surface area contributed by atoms with Crippen molar-refractivity contribution < 1.29 is 28.4 Å². The molecule has 1 aliphatic heterocycles. The predicted molar refractivity (Wildman–Crippen MR) is 139 cm³/mol. The molecule has 0 spiro atoms. The first kappa shape index (κ1) is 31.8. The lowest BCUT2D eigenvalue weighted by atomic mass is 9.99. The second-order valence-electron chi connectivity index (χ2n) is 9.38. The van der Waals surface area contributed by atoms with Crippen LogP contribution >= 0.6 is 0 Å². The van der Waals surface area contributed by atoms with Gasteiger partial charge in [0.25, 0.3) is 0 Å². The Hall–Kier alpha value is -0.240. The number of hydrogen-bond acceptors (Lipinski definition) is 6. The first-order chi connectivity index (χ1) is 16.9. The lowest BCUT2D eigenvalue weighted by Crippen LogP contribution is -2.34. The smallest absolute Gasteiger partial charge is 0.0837 e. The van der Waals surface area contributed by atoms with Gasteiger partial charge in [-0.3, -0.25) is 0 Å². The Kier molecular flexibility index (Phi) is 24.2. The van der Waals surface area contributed by atoms with Gasteiger partial charge in [0.2, 0.25) is 0 Å². The molecular formula is C28H56O6. The fourth-order valence-corrected chi connectivity index (χ4v) is 4.28. The molecule has 204 valence electrons. The quantitative estimate of drug-likeness (QED) is 0.266. The molecule has 0 saturated carbocycles. The van der Waals surface area contributed by atoms with Crippen molar-refractivity contribution in [3.63, 3.8) is 0 Å². The monoisotopic (exact) mass is 488 g/mol. The molecule has 0 aromatic heterocycles. The van der Waals surface area contributed by atoms with Gasteiger partial charge in [0.15, 0.2) is 0 Å². The number of unbranched alkanes of at least 4 members (excludes halogenated alkanes) is 10. The maximum absolute atomic E-state index is 6.37. The zero-order valence-electron chi connectivity index (χ0n) is 22.6. The van der Waals surface area contributed by atoms with E-state index < -0.39 is 0 Å². The van der Waals surface area contributed by atoms with E-state index in [4.69, 9.17) is 28.4 Å². The maximum Gasteiger partial charge on any atom is 0.0837 e. The minimum Gasteiger partial charge on any atom is -0.377 e. The van der Waals surface area contributed by atoms with Gasteiger partial charge in [-0.1, -0.05) is 90.9 Å². The Morgan fingerprint density at radius 2 is 0.676 bits per heavy atom. The molecule has 0 N–H and O–H groups in total. The van der Waals surface area contributed by atoms with Crippen molar-refractivity contribution in [1.29, 1.82) is 0 Å². The van der Waals surface area contributed by atoms with E-state index in [1.807, 2.05) is 0 Å². The van der Waals surface area contributed by atoms with E-state index in [-0.39, 0.29) is 12.2 Å². The summed E-state index contributed by atoms with van der Waals surface area (Å²) in [5, 5.41) is 0. The highest BCUT2D eigenvalue weighted by atomic mass is 16.6. The van der Waals surface area contributed by atoms with E-state index in [2.05, 4.69) is 13.8 Å². The molecule has 0 aliphatic carbocycles. The molecule has 0 bridgehead atoms. The van der Waals surface area contributed by atoms with Gasteiger partial charge in [0.05, 0.1) is 78.3 Å². The molecule has 0 aromatic rings. The van der Waals surface area contributed by atoms with Gasteiger partial charge in [-0.25, -0.2) is 0 Å². The van der Waals surface area contributed by atoms with E-state index in [9.17, 15) is 0 Å². The van der Waals surface area contributed by atoms with E-state index in [1.54, 1.807) is 0 Å². The Labute approximate surface area is 210 Å². The Bertz CT molecular complexity index is 359. The second kappa shape index (κ2) is 25.8. The summed E-state index contributed by atoms with van der Waals surface area (Å²) in [7, 11) is 0. The Balaban J connectivity index is 2.56. The van der Waals surface area contributed by atoms with Gasteiger partial charge in [0.1, 0.15) is 0 Å². The topological polar surface area (TPSA) is 55.4 Å². The van der Waals surface area contributed by atoms with Gasteiger partial charge < -0.3 is 28.4 Å². The number of ether oxygens (including phenoxy) is 6. The summed E-state index contributed by atoms with van der Waals surface area (Å²) >= 11 is 0. The largest absolute Gasteiger partial charge is 0.377 e. The van der Waals surface area contributed by atoms with Gasteiger partial charge in [-0.15, -0.1) is 0 Å². The highest BCUT2D eigenvalue weighted by Gasteiger charge is 2.22. The van der Waals surface area contributed by atoms with Crippen molar-refractivity contribution in [2.24, 2.45) is 0 Å². The molecule has 34 heavy (non-hydrogen) atoms. The summed E-state index contributed by atoms with van der Waals surface area (Å²) in [6, 6.07) is 0. The minimum absolute atomic E-state index is 0.129. The molecule has 1 fully saturated rings. The fourth-order valence-electron chi connectivity index (χ4n) is 4.28. The summed E-state index contributed by atoms with van der Waals surface area (Å²) < 4.78 is 35.3. The normalized spacial score (nSPS) is 22.8. The van der Waals surface area contributed by atoms with Crippen molar-refractivity contribution in [2.75, 3.05) is 66.1 Å². The lowest BCUT2D eigenvalue weighted by molar-refractivity contribution is -0.104. The van der Waals surface area contributed by atoms with E-state index >= 15 is 0 Å². The third kappa shape index (κ3) is 20.0. The van der Waals surface area contributed by atoms with Crippen molar-refractivity contribution in [2.45, 2.75) is 116 Å². The van der Waals surface area contributed by atoms with Crippen LogP contribution in [0.25, 0.3) is 0 Å². The first-order valence-corrected chi connectivity index (χ1v) is 14.4. The fraction of sp³-hybridized carbons (Fsp3) is 1.00. The minimum atomic E-state index is 0.129. The molecule has 1 aliphatic rings. The van der Waals surface area contributed by atoms with Gasteiger partial charge >= 0.3 is 0 Å². The summed E-state index contributed by atoms with van der Waals surface area (Å²) in [6.45, 7) is 10.5. The lowest BCUT2D eigenvalue weighted by Gasteiger charge is -2.28. The molecule has 0 amide bonds. The van der Waals surface area contributed by atoms with Crippen molar-refractivity contribution in [3.05, 3.63) is 0 Å². The zero-order valence-corrected chi connectivity index (χ0v) is 22.6. The molecule has 2 atom stereocenters. The summed E-state index contributed by atoms with van der Waals surface area (Å²) in [5.41, 5.74) is 0. The van der Waals surface area contributed by atoms with Crippen LogP contribution in [0.2, 0.25) is 0 Å². The van der Waals surface area contributed by atoms with Crippen molar-refractivity contribution in [1.82, 2.24) is 0 Å². The third-order valence-electron chi connectivity index (χ3n) is 6.33. The van der Waals surface area contributed by atoms with Crippen LogP contribution in [-0.4, -0.2) is 78.3 Å². The SMILES string of the molecule is CCCCCCCCC1OCCOCCOCCOCCOCCOC1CCCCCCCC. The summed E-state index contributed by atoms with van der Waals surface area (Å²) in [4.78, 5) is 0. The predicted octanol–water partition coefficient (Wildman–Crippen LogP) is 6.34. The van der Waals surface area contributed by atoms with Crippen LogP contribution in [0.3, 0.4) is 0 Å².